The number of rotatable bonds is 6. The van der Waals surface area contributed by atoms with Gasteiger partial charge < -0.3 is 0 Å². The summed E-state index contributed by atoms with van der Waals surface area (Å²) in [5.74, 6) is 1.72. The molecule has 0 bridgehead atoms. The Hall–Kier alpha value is -3.48. The quantitative estimate of drug-likeness (QED) is 0.271. The molecule has 36 heavy (non-hydrogen) atoms. The molecule has 0 aliphatic carbocycles. The molecule has 4 aromatic carbocycles. The predicted octanol–water partition coefficient (Wildman–Crippen LogP) is 7.51. The van der Waals surface area contributed by atoms with Crippen molar-refractivity contribution in [1.29, 1.82) is 0 Å². The van der Waals surface area contributed by atoms with E-state index >= 15 is 0 Å². The minimum atomic E-state index is -0.139. The van der Waals surface area contributed by atoms with Crippen LogP contribution < -0.4 is 0 Å². The molecular formula is C30H26N4S2. The zero-order valence-electron chi connectivity index (χ0n) is 19.7. The number of amidine groups is 2. The molecule has 2 aliphatic rings. The van der Waals surface area contributed by atoms with Crippen molar-refractivity contribution in [2.45, 2.75) is 23.8 Å². The van der Waals surface area contributed by atoms with E-state index in [1.165, 1.54) is 22.3 Å². The fourth-order valence-corrected chi connectivity index (χ4v) is 6.36. The van der Waals surface area contributed by atoms with E-state index in [1.807, 2.05) is 0 Å². The van der Waals surface area contributed by atoms with Crippen molar-refractivity contribution in [3.8, 4) is 0 Å². The van der Waals surface area contributed by atoms with Gasteiger partial charge >= 0.3 is 0 Å². The SMILES string of the molecule is c1ccc(CSC2=N[C@H](c3ccccc3)N3C(SCc4ccccc4)=N[C@H](c4ccccc4)N23)cc1. The van der Waals surface area contributed by atoms with Crippen LogP contribution in [-0.4, -0.2) is 20.4 Å². The molecule has 0 N–H and O–H groups in total. The molecule has 0 radical (unpaired) electrons. The number of thioether (sulfide) groups is 2. The van der Waals surface area contributed by atoms with Gasteiger partial charge in [0.15, 0.2) is 22.7 Å². The summed E-state index contributed by atoms with van der Waals surface area (Å²) in [4.78, 5) is 10.6. The van der Waals surface area contributed by atoms with Crippen LogP contribution in [0.15, 0.2) is 131 Å². The Balaban J connectivity index is 1.36. The molecule has 6 heteroatoms. The zero-order valence-corrected chi connectivity index (χ0v) is 21.4. The third-order valence-corrected chi connectivity index (χ3v) is 8.23. The molecule has 178 valence electrons. The maximum atomic E-state index is 5.28. The molecule has 6 rings (SSSR count). The molecule has 0 unspecified atom stereocenters. The van der Waals surface area contributed by atoms with E-state index in [0.717, 1.165) is 21.8 Å². The smallest absolute Gasteiger partial charge is 0.183 e. The summed E-state index contributed by atoms with van der Waals surface area (Å²) in [5, 5.41) is 6.60. The van der Waals surface area contributed by atoms with Gasteiger partial charge in [-0.1, -0.05) is 145 Å². The third kappa shape index (κ3) is 4.79. The van der Waals surface area contributed by atoms with Gasteiger partial charge in [-0.25, -0.2) is 20.0 Å². The molecule has 4 nitrogen and oxygen atoms in total. The predicted molar refractivity (Wildman–Crippen MR) is 152 cm³/mol. The summed E-state index contributed by atoms with van der Waals surface area (Å²) in [6.45, 7) is 0. The maximum absolute atomic E-state index is 5.28. The molecule has 0 fully saturated rings. The normalized spacial score (nSPS) is 18.7. The average Bonchev–Trinajstić information content (AvgIpc) is 3.52. The van der Waals surface area contributed by atoms with Crippen molar-refractivity contribution in [2.24, 2.45) is 9.98 Å². The Bertz CT molecular complexity index is 1240. The van der Waals surface area contributed by atoms with Gasteiger partial charge in [0.05, 0.1) is 0 Å². The van der Waals surface area contributed by atoms with Gasteiger partial charge in [-0.05, 0) is 22.3 Å². The summed E-state index contributed by atoms with van der Waals surface area (Å²) in [7, 11) is 0. The molecule has 2 heterocycles. The lowest BCUT2D eigenvalue weighted by molar-refractivity contribution is 0.105. The molecule has 2 aliphatic heterocycles. The van der Waals surface area contributed by atoms with E-state index in [0.29, 0.717) is 0 Å². The van der Waals surface area contributed by atoms with Crippen molar-refractivity contribution in [2.75, 3.05) is 0 Å². The van der Waals surface area contributed by atoms with E-state index in [-0.39, 0.29) is 12.3 Å². The minimum absolute atomic E-state index is 0.139. The second-order valence-electron chi connectivity index (χ2n) is 8.63. The number of nitrogens with zero attached hydrogens (tertiary/aromatic N) is 4. The molecular weight excluding hydrogens is 480 g/mol. The standard InChI is InChI=1S/C30H26N4S2/c1-5-13-23(14-6-1)21-35-29-31-27(25-17-9-3-10-18-25)34-30(36-22-24-15-7-2-8-16-24)32-28(33(29)34)26-19-11-4-12-20-26/h1-20,27-28H,21-22H2/t27-,28-/m0/s1. The highest BCUT2D eigenvalue weighted by atomic mass is 32.2. The van der Waals surface area contributed by atoms with Crippen LogP contribution in [0.4, 0.5) is 0 Å². The number of benzene rings is 4. The number of hydrogen-bond donors (Lipinski definition) is 0. The number of hydrazine groups is 1. The number of hydrogen-bond acceptors (Lipinski definition) is 6. The number of aliphatic imine (C=N–C) groups is 2. The lowest BCUT2D eigenvalue weighted by atomic mass is 10.2. The van der Waals surface area contributed by atoms with Crippen molar-refractivity contribution < 1.29 is 0 Å². The monoisotopic (exact) mass is 506 g/mol. The van der Waals surface area contributed by atoms with Gasteiger partial charge in [0.2, 0.25) is 0 Å². The summed E-state index contributed by atoms with van der Waals surface area (Å²) in [6.07, 6.45) is -0.277. The minimum Gasteiger partial charge on any atom is -0.229 e. The van der Waals surface area contributed by atoms with Crippen LogP contribution in [0.1, 0.15) is 34.6 Å². The summed E-state index contributed by atoms with van der Waals surface area (Å²) in [6, 6.07) is 42.3. The van der Waals surface area contributed by atoms with Crippen LogP contribution in [0.2, 0.25) is 0 Å². The first-order valence-corrected chi connectivity index (χ1v) is 14.0. The Kier molecular flexibility index (Phi) is 6.79. The third-order valence-electron chi connectivity index (χ3n) is 6.17. The lowest BCUT2D eigenvalue weighted by Crippen LogP contribution is -2.40. The Labute approximate surface area is 220 Å². The summed E-state index contributed by atoms with van der Waals surface area (Å²) < 4.78 is 0. The molecule has 0 spiro atoms. The topological polar surface area (TPSA) is 31.2 Å². The molecule has 0 aromatic heterocycles. The van der Waals surface area contributed by atoms with Gasteiger partial charge in [-0.2, -0.15) is 0 Å². The zero-order chi connectivity index (χ0) is 24.2. The summed E-state index contributed by atoms with van der Waals surface area (Å²) >= 11 is 3.56. The molecule has 4 aromatic rings. The van der Waals surface area contributed by atoms with Crippen LogP contribution in [-0.2, 0) is 11.5 Å². The van der Waals surface area contributed by atoms with Gasteiger partial charge in [0.1, 0.15) is 0 Å². The molecule has 0 saturated carbocycles. The van der Waals surface area contributed by atoms with E-state index in [9.17, 15) is 0 Å². The van der Waals surface area contributed by atoms with Crippen molar-refractivity contribution in [3.05, 3.63) is 144 Å². The van der Waals surface area contributed by atoms with Gasteiger partial charge in [-0.3, -0.25) is 0 Å². The highest BCUT2D eigenvalue weighted by Crippen LogP contribution is 2.46. The second kappa shape index (κ2) is 10.6. The van der Waals surface area contributed by atoms with Crippen molar-refractivity contribution >= 4 is 33.9 Å². The maximum Gasteiger partial charge on any atom is 0.183 e. The highest BCUT2D eigenvalue weighted by Gasteiger charge is 2.46. The van der Waals surface area contributed by atoms with Crippen LogP contribution >= 0.6 is 23.5 Å². The Morgan fingerprint density at radius 3 is 1.17 bits per heavy atom. The molecule has 0 amide bonds. The molecule has 2 atom stereocenters. The van der Waals surface area contributed by atoms with Crippen LogP contribution in [0.3, 0.4) is 0 Å². The van der Waals surface area contributed by atoms with E-state index in [2.05, 4.69) is 131 Å². The Morgan fingerprint density at radius 1 is 0.472 bits per heavy atom. The first-order valence-electron chi connectivity index (χ1n) is 12.0. The highest BCUT2D eigenvalue weighted by molar-refractivity contribution is 8.13. The second-order valence-corrected chi connectivity index (χ2v) is 10.5. The Morgan fingerprint density at radius 2 is 0.806 bits per heavy atom. The van der Waals surface area contributed by atoms with E-state index < -0.39 is 0 Å². The van der Waals surface area contributed by atoms with Crippen LogP contribution in [0, 0.1) is 0 Å². The van der Waals surface area contributed by atoms with Gasteiger partial charge in [0.25, 0.3) is 0 Å². The van der Waals surface area contributed by atoms with Crippen LogP contribution in [0.25, 0.3) is 0 Å². The van der Waals surface area contributed by atoms with Crippen molar-refractivity contribution in [3.63, 3.8) is 0 Å². The fraction of sp³-hybridized carbons (Fsp3) is 0.133. The van der Waals surface area contributed by atoms with Gasteiger partial charge in [0, 0.05) is 11.5 Å². The van der Waals surface area contributed by atoms with Crippen molar-refractivity contribution in [1.82, 2.24) is 10.0 Å². The average molecular weight is 507 g/mol. The summed E-state index contributed by atoms with van der Waals surface area (Å²) in [5.41, 5.74) is 4.91. The largest absolute Gasteiger partial charge is 0.229 e. The van der Waals surface area contributed by atoms with Crippen LogP contribution in [0.5, 0.6) is 0 Å². The first kappa shape index (κ1) is 23.0. The molecule has 0 saturated heterocycles. The lowest BCUT2D eigenvalue weighted by Gasteiger charge is -2.31. The van der Waals surface area contributed by atoms with Gasteiger partial charge in [-0.15, -0.1) is 0 Å². The van der Waals surface area contributed by atoms with E-state index in [4.69, 9.17) is 9.98 Å². The van der Waals surface area contributed by atoms with E-state index in [1.54, 1.807) is 23.5 Å². The fourth-order valence-electron chi connectivity index (χ4n) is 4.40. The number of fused-ring (bicyclic) bond motifs is 1. The first-order chi connectivity index (χ1) is 17.9.